The van der Waals surface area contributed by atoms with Gasteiger partial charge in [-0.05, 0) is 24.1 Å². The first-order chi connectivity index (χ1) is 13.5. The second-order valence-electron chi connectivity index (χ2n) is 6.09. The van der Waals surface area contributed by atoms with Gasteiger partial charge in [-0.3, -0.25) is 20.0 Å². The van der Waals surface area contributed by atoms with Gasteiger partial charge in [-0.15, -0.1) is 5.10 Å². The molecule has 0 aliphatic heterocycles. The van der Waals surface area contributed by atoms with Crippen LogP contribution < -0.4 is 5.32 Å². The number of aromatic amines is 1. The molecule has 0 radical (unpaired) electrons. The lowest BCUT2D eigenvalue weighted by atomic mass is 10.1. The summed E-state index contributed by atoms with van der Waals surface area (Å²) in [6.45, 7) is 3.71. The quantitative estimate of drug-likeness (QED) is 0.353. The molecule has 0 saturated heterocycles. The Morgan fingerprint density at radius 3 is 2.68 bits per heavy atom. The van der Waals surface area contributed by atoms with Crippen molar-refractivity contribution < 1.29 is 9.72 Å². The number of amides is 1. The molecule has 2 aromatic carbocycles. The third-order valence-corrected chi connectivity index (χ3v) is 5.13. The smallest absolute Gasteiger partial charge is 0.293 e. The van der Waals surface area contributed by atoms with Crippen LogP contribution in [0.15, 0.2) is 53.7 Å². The maximum absolute atomic E-state index is 13.0. The molecule has 8 nitrogen and oxygen atoms in total. The Kier molecular flexibility index (Phi) is 6.05. The van der Waals surface area contributed by atoms with Crippen molar-refractivity contribution in [1.82, 2.24) is 15.2 Å². The molecule has 0 bridgehead atoms. The van der Waals surface area contributed by atoms with E-state index in [0.29, 0.717) is 11.6 Å². The first kappa shape index (κ1) is 19.6. The van der Waals surface area contributed by atoms with Crippen LogP contribution in [0.1, 0.15) is 29.1 Å². The number of rotatable bonds is 7. The third kappa shape index (κ3) is 4.55. The van der Waals surface area contributed by atoms with Gasteiger partial charge in [-0.1, -0.05) is 55.1 Å². The molecule has 3 aromatic rings. The number of H-pyrrole nitrogens is 1. The second-order valence-corrected chi connectivity index (χ2v) is 7.17. The van der Waals surface area contributed by atoms with Crippen molar-refractivity contribution >= 4 is 29.0 Å². The Morgan fingerprint density at radius 2 is 2.04 bits per heavy atom. The second kappa shape index (κ2) is 8.66. The van der Waals surface area contributed by atoms with E-state index in [4.69, 9.17) is 0 Å². The first-order valence-electron chi connectivity index (χ1n) is 8.66. The van der Waals surface area contributed by atoms with E-state index in [-0.39, 0.29) is 17.3 Å². The minimum absolute atomic E-state index is 0.142. The molecular formula is C19H19N5O3S. The van der Waals surface area contributed by atoms with Crippen molar-refractivity contribution in [3.05, 3.63) is 75.6 Å². The number of thioether (sulfide) groups is 1. The topological polar surface area (TPSA) is 114 Å². The van der Waals surface area contributed by atoms with Crippen molar-refractivity contribution in [2.75, 3.05) is 5.32 Å². The number of benzene rings is 2. The zero-order valence-corrected chi connectivity index (χ0v) is 16.2. The average Bonchev–Trinajstić information content (AvgIpc) is 3.15. The fourth-order valence-electron chi connectivity index (χ4n) is 2.59. The van der Waals surface area contributed by atoms with Gasteiger partial charge in [0.1, 0.15) is 16.8 Å². The number of aromatic nitrogens is 3. The van der Waals surface area contributed by atoms with Crippen LogP contribution in [0.25, 0.3) is 0 Å². The highest BCUT2D eigenvalue weighted by molar-refractivity contribution is 8.00. The zero-order valence-electron chi connectivity index (χ0n) is 15.4. The van der Waals surface area contributed by atoms with Crippen LogP contribution in [0.4, 0.5) is 11.4 Å². The van der Waals surface area contributed by atoms with Gasteiger partial charge in [-0.2, -0.15) is 0 Å². The van der Waals surface area contributed by atoms with E-state index < -0.39 is 10.2 Å². The first-order valence-corrected chi connectivity index (χ1v) is 9.54. The number of carbonyl (C=O) groups is 1. The molecular weight excluding hydrogens is 378 g/mol. The van der Waals surface area contributed by atoms with E-state index in [1.165, 1.54) is 17.8 Å². The Labute approximate surface area is 165 Å². The van der Waals surface area contributed by atoms with Gasteiger partial charge >= 0.3 is 0 Å². The Hall–Kier alpha value is -3.20. The molecule has 0 fully saturated rings. The van der Waals surface area contributed by atoms with Gasteiger partial charge in [0.25, 0.3) is 5.69 Å². The summed E-state index contributed by atoms with van der Waals surface area (Å²) in [7, 11) is 0. The predicted octanol–water partition coefficient (Wildman–Crippen LogP) is 4.06. The summed E-state index contributed by atoms with van der Waals surface area (Å²) in [6, 6.07) is 13.9. The van der Waals surface area contributed by atoms with Crippen LogP contribution >= 0.6 is 11.8 Å². The number of nitrogens with one attached hydrogen (secondary N) is 2. The number of anilines is 1. The molecule has 28 heavy (non-hydrogen) atoms. The van der Waals surface area contributed by atoms with E-state index in [1.54, 1.807) is 19.1 Å². The Morgan fingerprint density at radius 1 is 1.29 bits per heavy atom. The van der Waals surface area contributed by atoms with Gasteiger partial charge < -0.3 is 5.32 Å². The molecule has 1 atom stereocenters. The number of nitro benzene ring substituents is 1. The average molecular weight is 397 g/mol. The van der Waals surface area contributed by atoms with Crippen LogP contribution in [0, 0.1) is 17.0 Å². The monoisotopic (exact) mass is 397 g/mol. The molecule has 1 aromatic heterocycles. The summed E-state index contributed by atoms with van der Waals surface area (Å²) >= 11 is 1.19. The summed E-state index contributed by atoms with van der Waals surface area (Å²) in [5.74, 6) is 0.342. The summed E-state index contributed by atoms with van der Waals surface area (Å²) < 4.78 is 0. The fourth-order valence-corrected chi connectivity index (χ4v) is 3.52. The number of nitro groups is 1. The van der Waals surface area contributed by atoms with Gasteiger partial charge in [0.15, 0.2) is 0 Å². The van der Waals surface area contributed by atoms with E-state index in [9.17, 15) is 14.9 Å². The highest BCUT2D eigenvalue weighted by Crippen LogP contribution is 2.35. The van der Waals surface area contributed by atoms with E-state index in [0.717, 1.165) is 17.0 Å². The van der Waals surface area contributed by atoms with Crippen molar-refractivity contribution in [3.8, 4) is 0 Å². The summed E-state index contributed by atoms with van der Waals surface area (Å²) in [5, 5.41) is 20.8. The highest BCUT2D eigenvalue weighted by Gasteiger charge is 2.26. The molecule has 1 unspecified atom stereocenters. The van der Waals surface area contributed by atoms with Crippen molar-refractivity contribution in [3.63, 3.8) is 0 Å². The minimum Gasteiger partial charge on any atom is -0.319 e. The molecule has 9 heteroatoms. The predicted molar refractivity (Wildman–Crippen MR) is 107 cm³/mol. The van der Waals surface area contributed by atoms with E-state index >= 15 is 0 Å². The lowest BCUT2D eigenvalue weighted by Gasteiger charge is -2.15. The summed E-state index contributed by atoms with van der Waals surface area (Å²) in [5.41, 5.74) is 1.51. The molecule has 0 saturated carbocycles. The molecule has 0 aliphatic rings. The number of hydrogen-bond acceptors (Lipinski definition) is 6. The minimum atomic E-state index is -0.664. The summed E-state index contributed by atoms with van der Waals surface area (Å²) in [6.07, 6.45) is 0.700. The molecule has 2 N–H and O–H groups in total. The molecule has 3 rings (SSSR count). The summed E-state index contributed by atoms with van der Waals surface area (Å²) in [4.78, 5) is 28.2. The van der Waals surface area contributed by atoms with Crippen LogP contribution in [-0.4, -0.2) is 26.0 Å². The van der Waals surface area contributed by atoms with Crippen molar-refractivity contribution in [2.45, 2.75) is 30.7 Å². The van der Waals surface area contributed by atoms with Crippen molar-refractivity contribution in [1.29, 1.82) is 0 Å². The van der Waals surface area contributed by atoms with Gasteiger partial charge in [0, 0.05) is 12.5 Å². The number of aryl methyl sites for hydroxylation is 2. The molecule has 0 aliphatic carbocycles. The zero-order chi connectivity index (χ0) is 20.1. The number of carbonyl (C=O) groups excluding carboxylic acids is 1. The van der Waals surface area contributed by atoms with Crippen LogP contribution in [0.5, 0.6) is 0 Å². The molecule has 144 valence electrons. The third-order valence-electron chi connectivity index (χ3n) is 4.02. The van der Waals surface area contributed by atoms with Crippen LogP contribution in [0.3, 0.4) is 0 Å². The van der Waals surface area contributed by atoms with Gasteiger partial charge in [0.05, 0.1) is 4.92 Å². The largest absolute Gasteiger partial charge is 0.319 e. The normalized spacial score (nSPS) is 11.8. The Balaban J connectivity index is 1.90. The molecule has 1 amide bonds. The fraction of sp³-hybridized carbons (Fsp3) is 0.211. The van der Waals surface area contributed by atoms with Crippen LogP contribution in [0.2, 0.25) is 0 Å². The van der Waals surface area contributed by atoms with Crippen molar-refractivity contribution in [2.24, 2.45) is 0 Å². The standard InChI is InChI=1S/C19H19N5O3S/c1-3-16-21-19(23-22-16)28-17(13-7-5-4-6-8-13)18(25)20-14-10-9-12(2)11-15(14)24(26)27/h4-11,17H,3H2,1-2H3,(H,20,25)(H,21,22,23). The van der Waals surface area contributed by atoms with Crippen LogP contribution in [-0.2, 0) is 11.2 Å². The van der Waals surface area contributed by atoms with Gasteiger partial charge in [-0.25, -0.2) is 4.98 Å². The lowest BCUT2D eigenvalue weighted by Crippen LogP contribution is -2.20. The van der Waals surface area contributed by atoms with E-state index in [1.807, 2.05) is 37.3 Å². The highest BCUT2D eigenvalue weighted by atomic mass is 32.2. The molecule has 1 heterocycles. The maximum atomic E-state index is 13.0. The SMILES string of the molecule is CCc1nc(SC(C(=O)Nc2ccc(C)cc2[N+](=O)[O-])c2ccccc2)n[nH]1. The lowest BCUT2D eigenvalue weighted by molar-refractivity contribution is -0.384. The maximum Gasteiger partial charge on any atom is 0.293 e. The Bertz CT molecular complexity index is 990. The molecule has 0 spiro atoms. The van der Waals surface area contributed by atoms with E-state index in [2.05, 4.69) is 20.5 Å². The van der Waals surface area contributed by atoms with Gasteiger partial charge in [0.2, 0.25) is 11.1 Å². The number of nitrogens with zero attached hydrogens (tertiary/aromatic N) is 3. The number of hydrogen-bond donors (Lipinski definition) is 2.